The van der Waals surface area contributed by atoms with Crippen molar-refractivity contribution < 1.29 is 14.4 Å². The number of hydrogen-bond acceptors (Lipinski definition) is 3. The van der Waals surface area contributed by atoms with Crippen LogP contribution in [0.2, 0.25) is 0 Å². The Bertz CT molecular complexity index is 596. The van der Waals surface area contributed by atoms with Crippen LogP contribution in [0.1, 0.15) is 22.8 Å². The molecule has 21 heavy (non-hydrogen) atoms. The van der Waals surface area contributed by atoms with E-state index in [0.29, 0.717) is 12.0 Å². The van der Waals surface area contributed by atoms with E-state index in [9.17, 15) is 9.59 Å². The summed E-state index contributed by atoms with van der Waals surface area (Å²) in [6, 6.07) is 18.3. The Hall–Kier alpha value is -2.62. The molecule has 0 saturated carbocycles. The number of hydrogen-bond donors (Lipinski definition) is 1. The maximum atomic E-state index is 11.8. The number of rotatable bonds is 4. The summed E-state index contributed by atoms with van der Waals surface area (Å²) in [5.41, 5.74) is 3.67. The van der Waals surface area contributed by atoms with Gasteiger partial charge in [0.15, 0.2) is 0 Å². The van der Waals surface area contributed by atoms with Crippen LogP contribution in [0.4, 0.5) is 0 Å². The zero-order valence-electron chi connectivity index (χ0n) is 11.8. The third-order valence-corrected chi connectivity index (χ3v) is 3.07. The molecule has 0 aliphatic carbocycles. The lowest BCUT2D eigenvalue weighted by molar-refractivity contribution is -0.153. The maximum Gasteiger partial charge on any atom is 0.335 e. The standard InChI is InChI=1S/C17H17NO3/c1-13(12-14-8-4-2-5-9-14)17(20)21-18-16(19)15-10-6-3-7-11-15/h2-11,13H,12H2,1H3,(H,18,19). The summed E-state index contributed by atoms with van der Waals surface area (Å²) < 4.78 is 0. The van der Waals surface area contributed by atoms with Crippen LogP contribution < -0.4 is 5.48 Å². The van der Waals surface area contributed by atoms with Crippen molar-refractivity contribution in [3.63, 3.8) is 0 Å². The van der Waals surface area contributed by atoms with Gasteiger partial charge in [-0.15, -0.1) is 0 Å². The molecule has 0 aliphatic heterocycles. The fourth-order valence-electron chi connectivity index (χ4n) is 1.90. The lowest BCUT2D eigenvalue weighted by Gasteiger charge is -2.11. The van der Waals surface area contributed by atoms with Crippen molar-refractivity contribution in [3.05, 3.63) is 71.8 Å². The fraction of sp³-hybridized carbons (Fsp3) is 0.176. The average molecular weight is 283 g/mol. The van der Waals surface area contributed by atoms with Crippen LogP contribution in [0.15, 0.2) is 60.7 Å². The van der Waals surface area contributed by atoms with E-state index in [1.54, 1.807) is 31.2 Å². The van der Waals surface area contributed by atoms with Gasteiger partial charge in [0.25, 0.3) is 5.91 Å². The average Bonchev–Trinajstić information content (AvgIpc) is 2.54. The van der Waals surface area contributed by atoms with Gasteiger partial charge >= 0.3 is 5.97 Å². The number of amides is 1. The third kappa shape index (κ3) is 4.45. The van der Waals surface area contributed by atoms with E-state index >= 15 is 0 Å². The smallest absolute Gasteiger partial charge is 0.335 e. The SMILES string of the molecule is CC(Cc1ccccc1)C(=O)ONC(=O)c1ccccc1. The lowest BCUT2D eigenvalue weighted by atomic mass is 10.0. The van der Waals surface area contributed by atoms with Gasteiger partial charge in [-0.25, -0.2) is 4.79 Å². The van der Waals surface area contributed by atoms with Crippen molar-refractivity contribution in [2.24, 2.45) is 5.92 Å². The van der Waals surface area contributed by atoms with E-state index in [0.717, 1.165) is 5.56 Å². The summed E-state index contributed by atoms with van der Waals surface area (Å²) >= 11 is 0. The first-order chi connectivity index (χ1) is 10.2. The molecule has 0 bridgehead atoms. The molecule has 1 amide bonds. The Kier molecular flexibility index (Phi) is 5.10. The molecule has 0 spiro atoms. The Morgan fingerprint density at radius 1 is 1.00 bits per heavy atom. The number of benzene rings is 2. The predicted molar refractivity (Wildman–Crippen MR) is 79.3 cm³/mol. The predicted octanol–water partition coefficient (Wildman–Crippen LogP) is 2.75. The van der Waals surface area contributed by atoms with Crippen molar-refractivity contribution in [3.8, 4) is 0 Å². The largest absolute Gasteiger partial charge is 0.340 e. The van der Waals surface area contributed by atoms with Crippen molar-refractivity contribution in [1.29, 1.82) is 0 Å². The number of nitrogens with one attached hydrogen (secondary N) is 1. The van der Waals surface area contributed by atoms with Crippen molar-refractivity contribution in [1.82, 2.24) is 5.48 Å². The monoisotopic (exact) mass is 283 g/mol. The molecule has 4 heteroatoms. The van der Waals surface area contributed by atoms with Gasteiger partial charge in [0.2, 0.25) is 0 Å². The zero-order valence-corrected chi connectivity index (χ0v) is 11.8. The van der Waals surface area contributed by atoms with E-state index in [2.05, 4.69) is 5.48 Å². The molecule has 1 atom stereocenters. The zero-order chi connectivity index (χ0) is 15.1. The summed E-state index contributed by atoms with van der Waals surface area (Å²) in [4.78, 5) is 28.4. The molecule has 0 fully saturated rings. The molecule has 2 rings (SSSR count). The molecular weight excluding hydrogens is 266 g/mol. The van der Waals surface area contributed by atoms with Gasteiger partial charge in [-0.3, -0.25) is 4.79 Å². The Labute approximate surface area is 123 Å². The maximum absolute atomic E-state index is 11.8. The second kappa shape index (κ2) is 7.24. The first-order valence-electron chi connectivity index (χ1n) is 6.77. The van der Waals surface area contributed by atoms with Gasteiger partial charge in [-0.05, 0) is 24.1 Å². The van der Waals surface area contributed by atoms with E-state index in [1.807, 2.05) is 36.4 Å². The molecule has 0 aliphatic rings. The van der Waals surface area contributed by atoms with Gasteiger partial charge < -0.3 is 4.84 Å². The van der Waals surface area contributed by atoms with Crippen LogP contribution >= 0.6 is 0 Å². The molecule has 0 heterocycles. The Morgan fingerprint density at radius 2 is 1.57 bits per heavy atom. The quantitative estimate of drug-likeness (QED) is 0.878. The van der Waals surface area contributed by atoms with Gasteiger partial charge in [0.05, 0.1) is 5.92 Å². The number of hydroxylamine groups is 1. The van der Waals surface area contributed by atoms with Crippen LogP contribution in [-0.2, 0) is 16.1 Å². The summed E-state index contributed by atoms with van der Waals surface area (Å²) in [5, 5.41) is 0. The minimum Gasteiger partial charge on any atom is -0.340 e. The van der Waals surface area contributed by atoms with Crippen LogP contribution in [0.3, 0.4) is 0 Å². The van der Waals surface area contributed by atoms with Gasteiger partial charge in [0, 0.05) is 5.56 Å². The Morgan fingerprint density at radius 3 is 2.19 bits per heavy atom. The minimum atomic E-state index is -0.455. The number of carbonyl (C=O) groups excluding carboxylic acids is 2. The summed E-state index contributed by atoms with van der Waals surface area (Å²) in [6.45, 7) is 1.77. The molecule has 108 valence electrons. The summed E-state index contributed by atoms with van der Waals surface area (Å²) in [5.74, 6) is -1.22. The lowest BCUT2D eigenvalue weighted by Crippen LogP contribution is -2.30. The number of carbonyl (C=O) groups is 2. The second-order valence-electron chi connectivity index (χ2n) is 4.81. The van der Waals surface area contributed by atoms with Crippen LogP contribution in [0.25, 0.3) is 0 Å². The molecule has 4 nitrogen and oxygen atoms in total. The molecule has 0 radical (unpaired) electrons. The normalized spacial score (nSPS) is 11.5. The van der Waals surface area contributed by atoms with Crippen LogP contribution in [0.5, 0.6) is 0 Å². The topological polar surface area (TPSA) is 55.4 Å². The summed E-state index contributed by atoms with van der Waals surface area (Å²) in [7, 11) is 0. The molecular formula is C17H17NO3. The first kappa shape index (κ1) is 14.8. The highest BCUT2D eigenvalue weighted by atomic mass is 16.7. The third-order valence-electron chi connectivity index (χ3n) is 3.07. The molecule has 1 N–H and O–H groups in total. The van der Waals surface area contributed by atoms with Gasteiger partial charge in [-0.1, -0.05) is 55.5 Å². The molecule has 0 aromatic heterocycles. The van der Waals surface area contributed by atoms with Crippen molar-refractivity contribution in [2.75, 3.05) is 0 Å². The molecule has 0 saturated heterocycles. The Balaban J connectivity index is 1.83. The highest BCUT2D eigenvalue weighted by Gasteiger charge is 2.17. The van der Waals surface area contributed by atoms with E-state index in [1.165, 1.54) is 0 Å². The molecule has 1 unspecified atom stereocenters. The minimum absolute atomic E-state index is 0.330. The van der Waals surface area contributed by atoms with Gasteiger partial charge in [0.1, 0.15) is 0 Å². The fourth-order valence-corrected chi connectivity index (χ4v) is 1.90. The van der Waals surface area contributed by atoms with E-state index < -0.39 is 11.9 Å². The van der Waals surface area contributed by atoms with Gasteiger partial charge in [-0.2, -0.15) is 5.48 Å². The second-order valence-corrected chi connectivity index (χ2v) is 4.81. The van der Waals surface area contributed by atoms with E-state index in [4.69, 9.17) is 4.84 Å². The molecule has 2 aromatic carbocycles. The molecule has 2 aromatic rings. The highest BCUT2D eigenvalue weighted by Crippen LogP contribution is 2.09. The van der Waals surface area contributed by atoms with Crippen molar-refractivity contribution in [2.45, 2.75) is 13.3 Å². The van der Waals surface area contributed by atoms with Crippen LogP contribution in [-0.4, -0.2) is 11.9 Å². The van der Waals surface area contributed by atoms with E-state index in [-0.39, 0.29) is 5.92 Å². The first-order valence-corrected chi connectivity index (χ1v) is 6.77. The van der Waals surface area contributed by atoms with Crippen molar-refractivity contribution >= 4 is 11.9 Å². The summed E-state index contributed by atoms with van der Waals surface area (Å²) in [6.07, 6.45) is 0.570. The van der Waals surface area contributed by atoms with Crippen LogP contribution in [0, 0.1) is 5.92 Å². The highest BCUT2D eigenvalue weighted by molar-refractivity contribution is 5.94.